The molecule has 0 radical (unpaired) electrons. The van der Waals surface area contributed by atoms with Gasteiger partial charge in [-0.3, -0.25) is 9.69 Å². The summed E-state index contributed by atoms with van der Waals surface area (Å²) in [4.78, 5) is 16.4. The van der Waals surface area contributed by atoms with E-state index in [4.69, 9.17) is 5.73 Å². The number of carbonyl (C=O) groups is 1. The zero-order valence-corrected chi connectivity index (χ0v) is 14.7. The van der Waals surface area contributed by atoms with E-state index in [0.29, 0.717) is 0 Å². The molecular formula is C20H24FN3O. The van der Waals surface area contributed by atoms with Gasteiger partial charge in [-0.2, -0.15) is 0 Å². The summed E-state index contributed by atoms with van der Waals surface area (Å²) in [7, 11) is 0. The standard InChI is InChI=1S/C20H24FN3O/c1-14-4-3-5-18(15(14)2)23-10-12-24(13-11-23)19(20(22)25)16-6-8-17(21)9-7-16/h3-9,19H,10-13H2,1-2H3,(H2,22,25)/t19-/m0/s1. The molecule has 4 nitrogen and oxygen atoms in total. The highest BCUT2D eigenvalue weighted by Crippen LogP contribution is 2.27. The molecule has 25 heavy (non-hydrogen) atoms. The first-order valence-electron chi connectivity index (χ1n) is 8.57. The molecule has 0 aliphatic carbocycles. The van der Waals surface area contributed by atoms with Crippen molar-refractivity contribution < 1.29 is 9.18 Å². The average molecular weight is 341 g/mol. The lowest BCUT2D eigenvalue weighted by Crippen LogP contribution is -2.50. The third-order valence-electron chi connectivity index (χ3n) is 5.05. The Morgan fingerprint density at radius 1 is 1.04 bits per heavy atom. The number of halogens is 1. The number of piperazine rings is 1. The van der Waals surface area contributed by atoms with Gasteiger partial charge in [-0.05, 0) is 48.7 Å². The summed E-state index contributed by atoms with van der Waals surface area (Å²) in [6, 6.07) is 11.9. The molecule has 3 rings (SSSR count). The quantitative estimate of drug-likeness (QED) is 0.930. The number of nitrogens with zero attached hydrogens (tertiary/aromatic N) is 2. The molecule has 1 aliphatic heterocycles. The maximum atomic E-state index is 13.2. The molecule has 0 spiro atoms. The lowest BCUT2D eigenvalue weighted by Gasteiger charge is -2.40. The smallest absolute Gasteiger partial charge is 0.239 e. The highest BCUT2D eigenvalue weighted by molar-refractivity contribution is 5.81. The third-order valence-corrected chi connectivity index (χ3v) is 5.05. The van der Waals surface area contributed by atoms with Crippen molar-refractivity contribution in [3.8, 4) is 0 Å². The Bertz CT molecular complexity index is 752. The topological polar surface area (TPSA) is 49.6 Å². The van der Waals surface area contributed by atoms with Gasteiger partial charge in [0.05, 0.1) is 0 Å². The average Bonchev–Trinajstić information content (AvgIpc) is 2.60. The molecule has 1 heterocycles. The number of benzene rings is 2. The molecular weight excluding hydrogens is 317 g/mol. The van der Waals surface area contributed by atoms with Crippen molar-refractivity contribution in [2.45, 2.75) is 19.9 Å². The van der Waals surface area contributed by atoms with Gasteiger partial charge in [0.1, 0.15) is 11.9 Å². The Hall–Kier alpha value is -2.40. The zero-order chi connectivity index (χ0) is 18.0. The van der Waals surface area contributed by atoms with Crippen LogP contribution < -0.4 is 10.6 Å². The van der Waals surface area contributed by atoms with Crippen LogP contribution in [-0.2, 0) is 4.79 Å². The normalized spacial score (nSPS) is 16.7. The number of anilines is 1. The van der Waals surface area contributed by atoms with Crippen molar-refractivity contribution in [3.63, 3.8) is 0 Å². The summed E-state index contributed by atoms with van der Waals surface area (Å²) in [5, 5.41) is 0. The van der Waals surface area contributed by atoms with Crippen molar-refractivity contribution in [2.24, 2.45) is 5.73 Å². The van der Waals surface area contributed by atoms with E-state index >= 15 is 0 Å². The van der Waals surface area contributed by atoms with Gasteiger partial charge in [0, 0.05) is 31.9 Å². The highest BCUT2D eigenvalue weighted by Gasteiger charge is 2.29. The number of hydrogen-bond acceptors (Lipinski definition) is 3. The summed E-state index contributed by atoms with van der Waals surface area (Å²) >= 11 is 0. The number of aryl methyl sites for hydroxylation is 1. The molecule has 1 saturated heterocycles. The molecule has 0 unspecified atom stereocenters. The van der Waals surface area contributed by atoms with Crippen molar-refractivity contribution >= 4 is 11.6 Å². The molecule has 2 aromatic carbocycles. The Morgan fingerprint density at radius 3 is 2.28 bits per heavy atom. The van der Waals surface area contributed by atoms with Crippen LogP contribution in [0.3, 0.4) is 0 Å². The summed E-state index contributed by atoms with van der Waals surface area (Å²) in [6.07, 6.45) is 0. The van der Waals surface area contributed by atoms with Gasteiger partial charge in [0.25, 0.3) is 0 Å². The van der Waals surface area contributed by atoms with Gasteiger partial charge in [-0.15, -0.1) is 0 Å². The summed E-state index contributed by atoms with van der Waals surface area (Å²) < 4.78 is 13.2. The summed E-state index contributed by atoms with van der Waals surface area (Å²) in [6.45, 7) is 7.38. The van der Waals surface area contributed by atoms with E-state index in [1.165, 1.54) is 28.9 Å². The van der Waals surface area contributed by atoms with Crippen LogP contribution in [0.15, 0.2) is 42.5 Å². The second-order valence-electron chi connectivity index (χ2n) is 6.60. The minimum atomic E-state index is -0.513. The summed E-state index contributed by atoms with van der Waals surface area (Å²) in [5.74, 6) is -0.710. The number of amides is 1. The van der Waals surface area contributed by atoms with Crippen LogP contribution in [0.4, 0.5) is 10.1 Å². The number of nitrogens with two attached hydrogens (primary N) is 1. The first kappa shape index (κ1) is 17.4. The fourth-order valence-electron chi connectivity index (χ4n) is 3.50. The van der Waals surface area contributed by atoms with E-state index in [1.54, 1.807) is 12.1 Å². The molecule has 1 fully saturated rings. The zero-order valence-electron chi connectivity index (χ0n) is 14.7. The van der Waals surface area contributed by atoms with Gasteiger partial charge in [0.15, 0.2) is 0 Å². The molecule has 2 N–H and O–H groups in total. The van der Waals surface area contributed by atoms with E-state index < -0.39 is 11.9 Å². The molecule has 132 valence electrons. The van der Waals surface area contributed by atoms with Crippen LogP contribution in [-0.4, -0.2) is 37.0 Å². The Kier molecular flexibility index (Phi) is 5.04. The van der Waals surface area contributed by atoms with Crippen molar-refractivity contribution in [1.82, 2.24) is 4.90 Å². The maximum Gasteiger partial charge on any atom is 0.239 e. The Balaban J connectivity index is 1.74. The Morgan fingerprint density at radius 2 is 1.68 bits per heavy atom. The van der Waals surface area contributed by atoms with Crippen LogP contribution in [0.1, 0.15) is 22.7 Å². The van der Waals surface area contributed by atoms with Crippen LogP contribution in [0.5, 0.6) is 0 Å². The lowest BCUT2D eigenvalue weighted by atomic mass is 10.0. The first-order valence-corrected chi connectivity index (χ1v) is 8.57. The SMILES string of the molecule is Cc1cccc(N2CCN([C@H](C(N)=O)c3ccc(F)cc3)CC2)c1C. The van der Waals surface area contributed by atoms with Crippen molar-refractivity contribution in [1.29, 1.82) is 0 Å². The second kappa shape index (κ2) is 7.23. The second-order valence-corrected chi connectivity index (χ2v) is 6.60. The van der Waals surface area contributed by atoms with Crippen LogP contribution in [0.25, 0.3) is 0 Å². The molecule has 0 bridgehead atoms. The van der Waals surface area contributed by atoms with E-state index in [9.17, 15) is 9.18 Å². The van der Waals surface area contributed by atoms with Crippen molar-refractivity contribution in [2.75, 3.05) is 31.1 Å². The van der Waals surface area contributed by atoms with E-state index in [2.05, 4.69) is 41.8 Å². The fraction of sp³-hybridized carbons (Fsp3) is 0.350. The maximum absolute atomic E-state index is 13.2. The lowest BCUT2D eigenvalue weighted by molar-refractivity contribution is -0.123. The predicted octanol–water partition coefficient (Wildman–Crippen LogP) is 2.79. The molecule has 0 saturated carbocycles. The van der Waals surface area contributed by atoms with Crippen LogP contribution in [0.2, 0.25) is 0 Å². The van der Waals surface area contributed by atoms with Gasteiger partial charge >= 0.3 is 0 Å². The molecule has 1 atom stereocenters. The monoisotopic (exact) mass is 341 g/mol. The number of carbonyl (C=O) groups excluding carboxylic acids is 1. The predicted molar refractivity (Wildman–Crippen MR) is 98.0 cm³/mol. The van der Waals surface area contributed by atoms with Crippen molar-refractivity contribution in [3.05, 3.63) is 65.0 Å². The highest BCUT2D eigenvalue weighted by atomic mass is 19.1. The van der Waals surface area contributed by atoms with E-state index in [-0.39, 0.29) is 5.82 Å². The molecule has 1 amide bonds. The molecule has 1 aliphatic rings. The minimum Gasteiger partial charge on any atom is -0.369 e. The third kappa shape index (κ3) is 3.66. The fourth-order valence-corrected chi connectivity index (χ4v) is 3.50. The Labute approximate surface area is 148 Å². The van der Waals surface area contributed by atoms with E-state index in [1.807, 2.05) is 0 Å². The number of hydrogen-bond donors (Lipinski definition) is 1. The first-order chi connectivity index (χ1) is 12.0. The molecule has 5 heteroatoms. The number of rotatable bonds is 4. The van der Waals surface area contributed by atoms with Crippen LogP contribution >= 0.6 is 0 Å². The molecule has 0 aromatic heterocycles. The summed E-state index contributed by atoms with van der Waals surface area (Å²) in [5.41, 5.74) is 10.2. The minimum absolute atomic E-state index is 0.313. The van der Waals surface area contributed by atoms with E-state index in [0.717, 1.165) is 31.7 Å². The van der Waals surface area contributed by atoms with Crippen LogP contribution in [0, 0.1) is 19.7 Å². The largest absolute Gasteiger partial charge is 0.369 e. The van der Waals surface area contributed by atoms with Gasteiger partial charge in [0.2, 0.25) is 5.91 Å². The molecule has 2 aromatic rings. The number of primary amides is 1. The van der Waals surface area contributed by atoms with Gasteiger partial charge in [-0.1, -0.05) is 24.3 Å². The van der Waals surface area contributed by atoms with Gasteiger partial charge in [-0.25, -0.2) is 4.39 Å². The van der Waals surface area contributed by atoms with Gasteiger partial charge < -0.3 is 10.6 Å².